The van der Waals surface area contributed by atoms with Gasteiger partial charge in [0.2, 0.25) is 17.7 Å². The molecule has 0 heterocycles. The van der Waals surface area contributed by atoms with E-state index in [4.69, 9.17) is 0 Å². The topological polar surface area (TPSA) is 87.3 Å². The number of amides is 3. The van der Waals surface area contributed by atoms with Crippen molar-refractivity contribution < 1.29 is 14.4 Å². The Morgan fingerprint density at radius 3 is 1.05 bits per heavy atom. The number of allylic oxidation sites excluding steroid dienone is 4. The van der Waals surface area contributed by atoms with Gasteiger partial charge in [-0.05, 0) is 102 Å². The van der Waals surface area contributed by atoms with Crippen LogP contribution in [0.1, 0.15) is 259 Å². The summed E-state index contributed by atoms with van der Waals surface area (Å²) in [5.41, 5.74) is 0. The van der Waals surface area contributed by atoms with E-state index in [9.17, 15) is 14.4 Å². The van der Waals surface area contributed by atoms with E-state index in [-0.39, 0.29) is 35.5 Å². The summed E-state index contributed by atoms with van der Waals surface area (Å²) in [7, 11) is 0. The third-order valence-electron chi connectivity index (χ3n) is 13.2. The van der Waals surface area contributed by atoms with E-state index in [0.29, 0.717) is 44.8 Å². The molecule has 61 heavy (non-hydrogen) atoms. The van der Waals surface area contributed by atoms with Crippen LogP contribution in [0.25, 0.3) is 0 Å². The highest BCUT2D eigenvalue weighted by molar-refractivity contribution is 5.86. The minimum Gasteiger partial charge on any atom is -0.356 e. The zero-order chi connectivity index (χ0) is 44.4. The van der Waals surface area contributed by atoms with Crippen LogP contribution in [0.3, 0.4) is 0 Å². The zero-order valence-corrected chi connectivity index (χ0v) is 41.3. The highest BCUT2D eigenvalue weighted by Gasteiger charge is 2.38. The Bertz CT molecular complexity index is 1020. The van der Waals surface area contributed by atoms with Crippen molar-refractivity contribution in [2.45, 2.75) is 259 Å². The van der Waals surface area contributed by atoms with Crippen LogP contribution in [0.4, 0.5) is 0 Å². The van der Waals surface area contributed by atoms with Crippen molar-refractivity contribution in [2.24, 2.45) is 29.6 Å². The molecule has 0 aliphatic heterocycles. The summed E-state index contributed by atoms with van der Waals surface area (Å²) in [4.78, 5) is 40.5. The molecule has 3 amide bonds. The predicted octanol–water partition coefficient (Wildman–Crippen LogP) is 15.3. The third kappa shape index (κ3) is 35.0. The molecule has 356 valence electrons. The first-order chi connectivity index (χ1) is 29.8. The molecule has 1 saturated carbocycles. The summed E-state index contributed by atoms with van der Waals surface area (Å²) in [6, 6.07) is 0. The summed E-state index contributed by atoms with van der Waals surface area (Å²) >= 11 is 0. The molecular formula is C55H103N3O3. The summed E-state index contributed by atoms with van der Waals surface area (Å²) in [6.45, 7) is 13.4. The quantitative estimate of drug-likeness (QED) is 0.0422. The maximum absolute atomic E-state index is 13.5. The van der Waals surface area contributed by atoms with Gasteiger partial charge in [-0.3, -0.25) is 14.4 Å². The van der Waals surface area contributed by atoms with Gasteiger partial charge in [-0.25, -0.2) is 0 Å². The maximum Gasteiger partial charge on any atom is 0.223 e. The van der Waals surface area contributed by atoms with Crippen molar-refractivity contribution in [1.29, 1.82) is 0 Å². The zero-order valence-electron chi connectivity index (χ0n) is 41.3. The second-order valence-electron chi connectivity index (χ2n) is 19.8. The first kappa shape index (κ1) is 56.9. The number of hydrogen-bond acceptors (Lipinski definition) is 3. The van der Waals surface area contributed by atoms with Crippen LogP contribution in [-0.4, -0.2) is 37.4 Å². The second-order valence-corrected chi connectivity index (χ2v) is 19.8. The number of hydrogen-bond donors (Lipinski definition) is 3. The van der Waals surface area contributed by atoms with Gasteiger partial charge in [0.25, 0.3) is 0 Å². The van der Waals surface area contributed by atoms with Crippen molar-refractivity contribution in [3.05, 3.63) is 24.3 Å². The SMILES string of the molecule is CCCCCCCCC=CCCCCCCCCNC(=O)[C@@H]1CC(C(=O)NCCC(C)CCCC(C)C)C[C@H](C(=O)NCCCCCCCCC=CCCCCCCCC)C1. The van der Waals surface area contributed by atoms with Crippen LogP contribution in [-0.2, 0) is 14.4 Å². The van der Waals surface area contributed by atoms with Crippen LogP contribution < -0.4 is 16.0 Å². The molecule has 1 aliphatic carbocycles. The fourth-order valence-corrected chi connectivity index (χ4v) is 9.02. The summed E-state index contributed by atoms with van der Waals surface area (Å²) in [5, 5.41) is 9.59. The molecular weight excluding hydrogens is 751 g/mol. The predicted molar refractivity (Wildman–Crippen MR) is 265 cm³/mol. The smallest absolute Gasteiger partial charge is 0.223 e. The van der Waals surface area contributed by atoms with Gasteiger partial charge in [0.05, 0.1) is 0 Å². The Labute approximate surface area is 379 Å². The van der Waals surface area contributed by atoms with Gasteiger partial charge in [-0.1, -0.05) is 194 Å². The minimum absolute atomic E-state index is 0.0197. The van der Waals surface area contributed by atoms with E-state index < -0.39 is 0 Å². The normalized spacial score (nSPS) is 17.4. The van der Waals surface area contributed by atoms with Crippen LogP contribution in [0.2, 0.25) is 0 Å². The first-order valence-corrected chi connectivity index (χ1v) is 26.9. The lowest BCUT2D eigenvalue weighted by molar-refractivity contribution is -0.134. The molecule has 1 fully saturated rings. The number of unbranched alkanes of at least 4 members (excludes halogenated alkanes) is 24. The molecule has 0 aromatic heterocycles. The molecule has 0 spiro atoms. The molecule has 6 nitrogen and oxygen atoms in total. The van der Waals surface area contributed by atoms with Crippen LogP contribution in [0.5, 0.6) is 0 Å². The van der Waals surface area contributed by atoms with Gasteiger partial charge in [-0.2, -0.15) is 0 Å². The molecule has 1 aliphatic rings. The van der Waals surface area contributed by atoms with Crippen LogP contribution in [0, 0.1) is 29.6 Å². The Balaban J connectivity index is 2.40. The molecule has 0 radical (unpaired) electrons. The number of carbonyl (C=O) groups is 3. The highest BCUT2D eigenvalue weighted by atomic mass is 16.2. The fourth-order valence-electron chi connectivity index (χ4n) is 9.02. The number of rotatable bonds is 42. The largest absolute Gasteiger partial charge is 0.356 e. The summed E-state index contributed by atoms with van der Waals surface area (Å²) < 4.78 is 0. The Kier molecular flexibility index (Phi) is 39.1. The second kappa shape index (κ2) is 41.9. The lowest BCUT2D eigenvalue weighted by atomic mass is 9.74. The molecule has 0 bridgehead atoms. The lowest BCUT2D eigenvalue weighted by Gasteiger charge is -2.33. The average molecular weight is 854 g/mol. The molecule has 6 heteroatoms. The first-order valence-electron chi connectivity index (χ1n) is 26.9. The van der Waals surface area contributed by atoms with Gasteiger partial charge in [0.15, 0.2) is 0 Å². The molecule has 4 atom stereocenters. The summed E-state index contributed by atoms with van der Waals surface area (Å²) in [6.07, 6.45) is 51.2. The molecule has 0 aromatic rings. The molecule has 1 rings (SSSR count). The van der Waals surface area contributed by atoms with Gasteiger partial charge >= 0.3 is 0 Å². The van der Waals surface area contributed by atoms with E-state index in [1.807, 2.05) is 0 Å². The Hall–Kier alpha value is -2.11. The van der Waals surface area contributed by atoms with Crippen LogP contribution >= 0.6 is 0 Å². The van der Waals surface area contributed by atoms with E-state index >= 15 is 0 Å². The van der Waals surface area contributed by atoms with Crippen molar-refractivity contribution in [1.82, 2.24) is 16.0 Å². The van der Waals surface area contributed by atoms with Crippen molar-refractivity contribution >= 4 is 17.7 Å². The van der Waals surface area contributed by atoms with Crippen molar-refractivity contribution in [2.75, 3.05) is 19.6 Å². The standard InChI is InChI=1S/C55H103N3O3/c1-6-8-10-12-14-16-18-20-22-24-26-28-30-32-34-36-42-56-53(59)50-45-51(47-52(46-50)55(61)58-44-41-49(5)40-38-39-48(3)4)54(60)57-43-37-35-33-31-29-27-25-23-21-19-17-15-13-11-9-7-2/h20-23,48-52H,6-19,24-47H2,1-5H3,(H,56,59)(H,57,60)(H,58,61)/t49?,50-,51+,52?. The van der Waals surface area contributed by atoms with Crippen LogP contribution in [0.15, 0.2) is 24.3 Å². The number of carbonyl (C=O) groups excluding carboxylic acids is 3. The summed E-state index contributed by atoms with van der Waals surface area (Å²) in [5.74, 6) is 0.478. The van der Waals surface area contributed by atoms with E-state index in [1.165, 1.54) is 173 Å². The molecule has 0 saturated heterocycles. The van der Waals surface area contributed by atoms with E-state index in [2.05, 4.69) is 74.9 Å². The van der Waals surface area contributed by atoms with Crippen molar-refractivity contribution in [3.63, 3.8) is 0 Å². The average Bonchev–Trinajstić information content (AvgIpc) is 3.25. The van der Waals surface area contributed by atoms with E-state index in [1.54, 1.807) is 0 Å². The molecule has 0 aromatic carbocycles. The molecule has 2 unspecified atom stereocenters. The van der Waals surface area contributed by atoms with Gasteiger partial charge in [0, 0.05) is 37.4 Å². The monoisotopic (exact) mass is 854 g/mol. The van der Waals surface area contributed by atoms with Gasteiger partial charge in [0.1, 0.15) is 0 Å². The Morgan fingerprint density at radius 1 is 0.393 bits per heavy atom. The van der Waals surface area contributed by atoms with Gasteiger partial charge < -0.3 is 16.0 Å². The van der Waals surface area contributed by atoms with Crippen molar-refractivity contribution in [3.8, 4) is 0 Å². The van der Waals surface area contributed by atoms with E-state index in [0.717, 1.165) is 38.0 Å². The number of nitrogens with one attached hydrogen (secondary N) is 3. The molecule has 3 N–H and O–H groups in total. The lowest BCUT2D eigenvalue weighted by Crippen LogP contribution is -2.45. The fraction of sp³-hybridized carbons (Fsp3) is 0.873. The van der Waals surface area contributed by atoms with Gasteiger partial charge in [-0.15, -0.1) is 0 Å². The highest BCUT2D eigenvalue weighted by Crippen LogP contribution is 2.34. The Morgan fingerprint density at radius 2 is 0.705 bits per heavy atom. The minimum atomic E-state index is -0.299. The maximum atomic E-state index is 13.5. The third-order valence-corrected chi connectivity index (χ3v) is 13.2.